The van der Waals surface area contributed by atoms with E-state index in [1.165, 1.54) is 11.1 Å². The molecule has 2 N–H and O–H groups in total. The number of hydrogen-bond donors (Lipinski definition) is 2. The van der Waals surface area contributed by atoms with Crippen molar-refractivity contribution in [3.05, 3.63) is 84.1 Å². The van der Waals surface area contributed by atoms with Crippen molar-refractivity contribution in [3.8, 4) is 29.0 Å². The smallest absolute Gasteiger partial charge is 0.254 e. The number of carbonyl (C=O) groups excluding carboxylic acids is 1. The van der Waals surface area contributed by atoms with Crippen LogP contribution in [0.15, 0.2) is 67.4 Å². The van der Waals surface area contributed by atoms with Crippen molar-refractivity contribution in [2.24, 2.45) is 11.7 Å². The lowest BCUT2D eigenvalue weighted by Crippen LogP contribution is -2.53. The van der Waals surface area contributed by atoms with Crippen molar-refractivity contribution in [2.45, 2.75) is 43.4 Å². The minimum absolute atomic E-state index is 0.0661. The molecule has 2 aliphatic rings. The van der Waals surface area contributed by atoms with Crippen molar-refractivity contribution >= 4 is 40.6 Å². The van der Waals surface area contributed by atoms with Crippen LogP contribution in [0.2, 0.25) is 0 Å². The second kappa shape index (κ2) is 12.0. The Morgan fingerprint density at radius 3 is 2.84 bits per heavy atom. The number of methoxy groups -OCH3 is 1. The molecule has 0 radical (unpaired) electrons. The van der Waals surface area contributed by atoms with E-state index < -0.39 is 11.0 Å². The zero-order valence-electron chi connectivity index (χ0n) is 26.7. The molecular weight excluding hydrogens is 644 g/mol. The molecule has 0 spiro atoms. The van der Waals surface area contributed by atoms with Crippen LogP contribution in [0.4, 0.5) is 4.39 Å². The lowest BCUT2D eigenvalue weighted by atomic mass is 10.0. The van der Waals surface area contributed by atoms with Gasteiger partial charge in [0, 0.05) is 60.7 Å². The summed E-state index contributed by atoms with van der Waals surface area (Å²) in [5.41, 5.74) is 11.4. The number of carbonyl (C=O) groups is 1. The minimum atomic E-state index is -1.88. The van der Waals surface area contributed by atoms with E-state index in [0.29, 0.717) is 51.9 Å². The molecule has 1 aliphatic carbocycles. The van der Waals surface area contributed by atoms with Crippen LogP contribution >= 0.6 is 12.6 Å². The van der Waals surface area contributed by atoms with Gasteiger partial charge < -0.3 is 24.5 Å². The second-order valence-corrected chi connectivity index (χ2v) is 13.8. The third-order valence-electron chi connectivity index (χ3n) is 9.14. The maximum Gasteiger partial charge on any atom is 0.254 e. The molecular formula is C35H33FN10O2S. The number of nitriles is 1. The minimum Gasteiger partial charge on any atom is -0.494 e. The van der Waals surface area contributed by atoms with Crippen LogP contribution in [0.5, 0.6) is 5.75 Å². The fraction of sp³-hybridized carbons (Fsp3) is 0.314. The normalized spacial score (nSPS) is 19.4. The molecule has 14 heteroatoms. The SMILES string of the molecule is COc1cc(C(=O)N2C[C@H](N)CC(F)(S)C2)cc2nc(-c3cc4cccnc4n3CC3CC3)n(Cc3cnn(-c4cncc(C#N)c4)c3)c12. The molecule has 1 saturated heterocycles. The highest BCUT2D eigenvalue weighted by Crippen LogP contribution is 2.39. The van der Waals surface area contributed by atoms with Crippen molar-refractivity contribution in [1.82, 2.24) is 38.8 Å². The number of alkyl halides is 1. The number of ether oxygens (including phenoxy) is 1. The van der Waals surface area contributed by atoms with Gasteiger partial charge in [-0.05, 0) is 55.2 Å². The van der Waals surface area contributed by atoms with Gasteiger partial charge in [0.05, 0.1) is 55.1 Å². The monoisotopic (exact) mass is 676 g/mol. The van der Waals surface area contributed by atoms with Gasteiger partial charge in [-0.3, -0.25) is 9.78 Å². The van der Waals surface area contributed by atoms with Crippen LogP contribution in [-0.2, 0) is 13.1 Å². The molecule has 1 saturated carbocycles. The molecule has 248 valence electrons. The van der Waals surface area contributed by atoms with Gasteiger partial charge in [-0.25, -0.2) is 19.0 Å². The average molecular weight is 677 g/mol. The molecule has 12 nitrogen and oxygen atoms in total. The van der Waals surface area contributed by atoms with Gasteiger partial charge in [-0.1, -0.05) is 0 Å². The van der Waals surface area contributed by atoms with E-state index in [0.717, 1.165) is 41.7 Å². The number of piperidine rings is 1. The Bertz CT molecular complexity index is 2280. The number of halogens is 1. The zero-order valence-corrected chi connectivity index (χ0v) is 27.6. The topological polar surface area (TPSA) is 146 Å². The number of thiol groups is 1. The molecule has 6 heterocycles. The predicted molar refractivity (Wildman–Crippen MR) is 184 cm³/mol. The Hall–Kier alpha value is -5.26. The van der Waals surface area contributed by atoms with Crippen LogP contribution in [0.3, 0.4) is 0 Å². The number of hydrogen-bond acceptors (Lipinski definition) is 9. The van der Waals surface area contributed by atoms with E-state index in [4.69, 9.17) is 20.4 Å². The van der Waals surface area contributed by atoms with Crippen LogP contribution < -0.4 is 10.5 Å². The third-order valence-corrected chi connectivity index (χ3v) is 9.46. The largest absolute Gasteiger partial charge is 0.494 e. The Labute approximate surface area is 286 Å². The van der Waals surface area contributed by atoms with Crippen LogP contribution in [0.25, 0.3) is 39.3 Å². The molecule has 2 atom stereocenters. The van der Waals surface area contributed by atoms with Gasteiger partial charge in [0.2, 0.25) is 0 Å². The molecule has 8 rings (SSSR count). The molecule has 1 amide bonds. The van der Waals surface area contributed by atoms with Crippen molar-refractivity contribution < 1.29 is 13.9 Å². The predicted octanol–water partition coefficient (Wildman–Crippen LogP) is 4.74. The fourth-order valence-electron chi connectivity index (χ4n) is 6.76. The standard InChI is InChI=1S/C35H33FN10O2S/c1-48-30-10-25(34(47)43-19-26(38)11-35(36,49)20-43)8-28-31(30)45(17-23-14-41-46(18-23)27-7-22(12-37)13-39-15-27)33(42-28)29-9-24-3-2-6-40-32(24)44(29)16-21-4-5-21/h2-3,6-10,13-15,18,21,26,49H,4-5,11,16-17,19-20,38H2,1H3/t26-,35?/m1/s1. The molecule has 6 aromatic rings. The Kier molecular flexibility index (Phi) is 7.61. The number of pyridine rings is 2. The lowest BCUT2D eigenvalue weighted by Gasteiger charge is -2.37. The number of fused-ring (bicyclic) bond motifs is 2. The number of nitrogens with two attached hydrogens (primary N) is 1. The van der Waals surface area contributed by atoms with Gasteiger partial charge in [-0.2, -0.15) is 10.4 Å². The summed E-state index contributed by atoms with van der Waals surface area (Å²) in [6, 6.07) is 12.8. The first-order valence-corrected chi connectivity index (χ1v) is 16.5. The first-order valence-electron chi connectivity index (χ1n) is 16.1. The zero-order chi connectivity index (χ0) is 33.9. The quantitative estimate of drug-likeness (QED) is 0.220. The highest BCUT2D eigenvalue weighted by Gasteiger charge is 2.38. The van der Waals surface area contributed by atoms with E-state index in [1.54, 1.807) is 48.6 Å². The van der Waals surface area contributed by atoms with Gasteiger partial charge in [0.25, 0.3) is 5.91 Å². The molecule has 2 fully saturated rings. The molecule has 5 aromatic heterocycles. The van der Waals surface area contributed by atoms with Gasteiger partial charge in [-0.15, -0.1) is 12.6 Å². The number of benzene rings is 1. The average Bonchev–Trinajstić information content (AvgIpc) is 3.49. The van der Waals surface area contributed by atoms with Crippen molar-refractivity contribution in [1.29, 1.82) is 5.26 Å². The van der Waals surface area contributed by atoms with E-state index in [-0.39, 0.29) is 25.4 Å². The number of aromatic nitrogens is 7. The summed E-state index contributed by atoms with van der Waals surface area (Å²) in [6.07, 6.45) is 11.0. The highest BCUT2D eigenvalue weighted by molar-refractivity contribution is 7.81. The molecule has 49 heavy (non-hydrogen) atoms. The van der Waals surface area contributed by atoms with Gasteiger partial charge >= 0.3 is 0 Å². The van der Waals surface area contributed by atoms with Crippen LogP contribution in [-0.4, -0.2) is 75.9 Å². The number of nitrogens with zero attached hydrogens (tertiary/aromatic N) is 9. The summed E-state index contributed by atoms with van der Waals surface area (Å²) in [5.74, 6) is 1.31. The number of likely N-dealkylation sites (tertiary alicyclic amines) is 1. The third kappa shape index (κ3) is 5.89. The second-order valence-electron chi connectivity index (χ2n) is 13.0. The van der Waals surface area contributed by atoms with E-state index in [9.17, 15) is 14.4 Å². The Morgan fingerprint density at radius 1 is 1.20 bits per heavy atom. The summed E-state index contributed by atoms with van der Waals surface area (Å²) in [5, 5.41) is 13.1. The van der Waals surface area contributed by atoms with E-state index in [2.05, 4.69) is 44.0 Å². The summed E-state index contributed by atoms with van der Waals surface area (Å²) in [7, 11) is 1.55. The maximum absolute atomic E-state index is 15.0. The number of rotatable bonds is 8. The van der Waals surface area contributed by atoms with Crippen LogP contribution in [0.1, 0.15) is 40.7 Å². The number of amides is 1. The van der Waals surface area contributed by atoms with Gasteiger partial charge in [0.1, 0.15) is 23.0 Å². The molecule has 1 aromatic carbocycles. The summed E-state index contributed by atoms with van der Waals surface area (Å²) >= 11 is 4.13. The van der Waals surface area contributed by atoms with E-state index >= 15 is 0 Å². The Morgan fingerprint density at radius 2 is 2.06 bits per heavy atom. The van der Waals surface area contributed by atoms with E-state index in [1.807, 2.05) is 18.3 Å². The number of imidazole rings is 1. The molecule has 1 aliphatic heterocycles. The first kappa shape index (κ1) is 31.0. The summed E-state index contributed by atoms with van der Waals surface area (Å²) in [4.78, 5) is 29.3. The highest BCUT2D eigenvalue weighted by atomic mass is 32.1. The lowest BCUT2D eigenvalue weighted by molar-refractivity contribution is 0.0558. The van der Waals surface area contributed by atoms with Crippen molar-refractivity contribution in [3.63, 3.8) is 0 Å². The van der Waals surface area contributed by atoms with Gasteiger partial charge in [0.15, 0.2) is 10.8 Å². The maximum atomic E-state index is 15.0. The summed E-state index contributed by atoms with van der Waals surface area (Å²) in [6.45, 7) is 1.22. The summed E-state index contributed by atoms with van der Waals surface area (Å²) < 4.78 is 26.9. The fourth-order valence-corrected chi connectivity index (χ4v) is 7.17. The van der Waals surface area contributed by atoms with Crippen molar-refractivity contribution in [2.75, 3.05) is 20.2 Å². The first-order chi connectivity index (χ1) is 23.7. The Balaban J connectivity index is 1.28. The molecule has 1 unspecified atom stereocenters. The van der Waals surface area contributed by atoms with Crippen LogP contribution in [0, 0.1) is 17.2 Å². The molecule has 0 bridgehead atoms.